The van der Waals surface area contributed by atoms with Crippen LogP contribution in [0.15, 0.2) is 24.3 Å². The van der Waals surface area contributed by atoms with Crippen LogP contribution in [0.5, 0.6) is 5.75 Å². The first-order valence-electron chi connectivity index (χ1n) is 5.87. The summed E-state index contributed by atoms with van der Waals surface area (Å²) in [5.41, 5.74) is 1.31. The van der Waals surface area contributed by atoms with Crippen LogP contribution in [0.25, 0.3) is 0 Å². The fourth-order valence-corrected chi connectivity index (χ4v) is 2.32. The van der Waals surface area contributed by atoms with E-state index >= 15 is 0 Å². The van der Waals surface area contributed by atoms with Gasteiger partial charge in [-0.25, -0.2) is 0 Å². The molecule has 1 atom stereocenters. The second-order valence-corrected chi connectivity index (χ2v) is 4.36. The quantitative estimate of drug-likeness (QED) is 0.836. The first-order chi connectivity index (χ1) is 7.83. The number of nitrogens with one attached hydrogen (secondary N) is 1. The van der Waals surface area contributed by atoms with Gasteiger partial charge < -0.3 is 15.0 Å². The maximum absolute atomic E-state index is 5.16. The Morgan fingerprint density at radius 2 is 2.12 bits per heavy atom. The molecule has 1 aromatic rings. The molecule has 0 bridgehead atoms. The number of nitrogens with zero attached hydrogens (tertiary/aromatic N) is 1. The molecule has 88 valence electrons. The molecule has 1 fully saturated rings. The van der Waals surface area contributed by atoms with Crippen LogP contribution in [0.1, 0.15) is 6.42 Å². The molecule has 0 aromatic heterocycles. The van der Waals surface area contributed by atoms with Gasteiger partial charge in [0, 0.05) is 18.8 Å². The Morgan fingerprint density at radius 3 is 2.75 bits per heavy atom. The third-order valence-corrected chi connectivity index (χ3v) is 3.22. The fourth-order valence-electron chi connectivity index (χ4n) is 2.32. The van der Waals surface area contributed by atoms with E-state index in [2.05, 4.69) is 22.3 Å². The Balaban J connectivity index is 1.97. The molecule has 1 aliphatic heterocycles. The smallest absolute Gasteiger partial charge is 0.119 e. The van der Waals surface area contributed by atoms with Crippen molar-refractivity contribution in [1.82, 2.24) is 5.32 Å². The molecule has 0 aliphatic carbocycles. The van der Waals surface area contributed by atoms with E-state index < -0.39 is 0 Å². The lowest BCUT2D eigenvalue weighted by Gasteiger charge is -2.18. The van der Waals surface area contributed by atoms with E-state index in [1.807, 2.05) is 19.2 Å². The van der Waals surface area contributed by atoms with Gasteiger partial charge in [-0.05, 0) is 50.2 Å². The summed E-state index contributed by atoms with van der Waals surface area (Å²) in [5, 5.41) is 3.25. The number of hydrogen-bond donors (Lipinski definition) is 1. The lowest BCUT2D eigenvalue weighted by Crippen LogP contribution is -2.24. The van der Waals surface area contributed by atoms with Gasteiger partial charge in [0.1, 0.15) is 5.75 Å². The molecule has 1 heterocycles. The van der Waals surface area contributed by atoms with Crippen molar-refractivity contribution < 1.29 is 4.74 Å². The zero-order chi connectivity index (χ0) is 11.4. The number of hydrogen-bond acceptors (Lipinski definition) is 3. The van der Waals surface area contributed by atoms with E-state index in [0.717, 1.165) is 24.8 Å². The molecule has 1 aromatic carbocycles. The van der Waals surface area contributed by atoms with Gasteiger partial charge >= 0.3 is 0 Å². The van der Waals surface area contributed by atoms with Crippen molar-refractivity contribution in [3.63, 3.8) is 0 Å². The molecule has 0 spiro atoms. The normalized spacial score (nSPS) is 20.1. The summed E-state index contributed by atoms with van der Waals surface area (Å²) < 4.78 is 5.16. The predicted octanol–water partition coefficient (Wildman–Crippen LogP) is 1.74. The van der Waals surface area contributed by atoms with Crippen LogP contribution >= 0.6 is 0 Å². The summed E-state index contributed by atoms with van der Waals surface area (Å²) >= 11 is 0. The molecule has 1 saturated heterocycles. The summed E-state index contributed by atoms with van der Waals surface area (Å²) in [4.78, 5) is 2.45. The molecule has 0 saturated carbocycles. The van der Waals surface area contributed by atoms with E-state index in [1.165, 1.54) is 18.7 Å². The van der Waals surface area contributed by atoms with Crippen LogP contribution in [0, 0.1) is 5.92 Å². The average Bonchev–Trinajstić information content (AvgIpc) is 2.78. The van der Waals surface area contributed by atoms with Gasteiger partial charge in [0.05, 0.1) is 7.11 Å². The SMILES string of the molecule is CNCC1CCN(c2ccc(OC)cc2)C1. The van der Waals surface area contributed by atoms with Crippen molar-refractivity contribution in [1.29, 1.82) is 0 Å². The standard InChI is InChI=1S/C13H20N2O/c1-14-9-11-7-8-15(10-11)12-3-5-13(16-2)6-4-12/h3-6,11,14H,7-10H2,1-2H3. The van der Waals surface area contributed by atoms with Crippen molar-refractivity contribution in [3.8, 4) is 5.75 Å². The van der Waals surface area contributed by atoms with Gasteiger partial charge in [-0.2, -0.15) is 0 Å². The summed E-state index contributed by atoms with van der Waals surface area (Å²) in [7, 11) is 3.73. The number of anilines is 1. The highest BCUT2D eigenvalue weighted by molar-refractivity contribution is 5.49. The predicted molar refractivity (Wildman–Crippen MR) is 67.2 cm³/mol. The summed E-state index contributed by atoms with van der Waals surface area (Å²) in [5.74, 6) is 1.71. The van der Waals surface area contributed by atoms with Crippen LogP contribution in [0.2, 0.25) is 0 Å². The summed E-state index contributed by atoms with van der Waals surface area (Å²) in [6.45, 7) is 3.44. The molecule has 16 heavy (non-hydrogen) atoms. The topological polar surface area (TPSA) is 24.5 Å². The molecule has 0 amide bonds. The van der Waals surface area contributed by atoms with E-state index in [-0.39, 0.29) is 0 Å². The number of ether oxygens (including phenoxy) is 1. The third kappa shape index (κ3) is 2.47. The molecule has 3 nitrogen and oxygen atoms in total. The minimum absolute atomic E-state index is 0.784. The van der Waals surface area contributed by atoms with Gasteiger partial charge in [0.2, 0.25) is 0 Å². The molecule has 0 radical (unpaired) electrons. The van der Waals surface area contributed by atoms with E-state index in [0.29, 0.717) is 0 Å². The largest absolute Gasteiger partial charge is 0.497 e. The Hall–Kier alpha value is -1.22. The summed E-state index contributed by atoms with van der Waals surface area (Å²) in [6.07, 6.45) is 1.28. The second-order valence-electron chi connectivity index (χ2n) is 4.36. The molecule has 3 heteroatoms. The van der Waals surface area contributed by atoms with Crippen LogP contribution in [-0.4, -0.2) is 33.8 Å². The van der Waals surface area contributed by atoms with Crippen molar-refractivity contribution in [3.05, 3.63) is 24.3 Å². The van der Waals surface area contributed by atoms with Crippen molar-refractivity contribution >= 4 is 5.69 Å². The zero-order valence-corrected chi connectivity index (χ0v) is 10.1. The monoisotopic (exact) mass is 220 g/mol. The lowest BCUT2D eigenvalue weighted by atomic mass is 10.1. The highest BCUT2D eigenvalue weighted by atomic mass is 16.5. The van der Waals surface area contributed by atoms with Crippen LogP contribution in [0.4, 0.5) is 5.69 Å². The Kier molecular flexibility index (Phi) is 3.67. The minimum Gasteiger partial charge on any atom is -0.497 e. The molecular weight excluding hydrogens is 200 g/mol. The number of methoxy groups -OCH3 is 1. The number of rotatable bonds is 4. The van der Waals surface area contributed by atoms with E-state index in [4.69, 9.17) is 4.74 Å². The number of benzene rings is 1. The van der Waals surface area contributed by atoms with Crippen molar-refractivity contribution in [2.45, 2.75) is 6.42 Å². The molecule has 2 rings (SSSR count). The first-order valence-corrected chi connectivity index (χ1v) is 5.87. The third-order valence-electron chi connectivity index (χ3n) is 3.22. The van der Waals surface area contributed by atoms with E-state index in [9.17, 15) is 0 Å². The van der Waals surface area contributed by atoms with Gasteiger partial charge in [-0.3, -0.25) is 0 Å². The first kappa shape index (κ1) is 11.3. The van der Waals surface area contributed by atoms with Gasteiger partial charge in [0.15, 0.2) is 0 Å². The maximum Gasteiger partial charge on any atom is 0.119 e. The molecule has 1 unspecified atom stereocenters. The highest BCUT2D eigenvalue weighted by Gasteiger charge is 2.21. The zero-order valence-electron chi connectivity index (χ0n) is 10.1. The average molecular weight is 220 g/mol. The maximum atomic E-state index is 5.16. The second kappa shape index (κ2) is 5.21. The fraction of sp³-hybridized carbons (Fsp3) is 0.538. The summed E-state index contributed by atoms with van der Waals surface area (Å²) in [6, 6.07) is 8.34. The van der Waals surface area contributed by atoms with Gasteiger partial charge in [0.25, 0.3) is 0 Å². The highest BCUT2D eigenvalue weighted by Crippen LogP contribution is 2.25. The molecule has 1 aliphatic rings. The van der Waals surface area contributed by atoms with E-state index in [1.54, 1.807) is 7.11 Å². The Labute approximate surface area is 97.4 Å². The Bertz CT molecular complexity index is 323. The van der Waals surface area contributed by atoms with Gasteiger partial charge in [-0.1, -0.05) is 0 Å². The van der Waals surface area contributed by atoms with Crippen LogP contribution < -0.4 is 15.0 Å². The van der Waals surface area contributed by atoms with Crippen molar-refractivity contribution in [2.24, 2.45) is 5.92 Å². The lowest BCUT2D eigenvalue weighted by molar-refractivity contribution is 0.415. The van der Waals surface area contributed by atoms with Gasteiger partial charge in [-0.15, -0.1) is 0 Å². The molecular formula is C13H20N2O. The minimum atomic E-state index is 0.784. The Morgan fingerprint density at radius 1 is 1.38 bits per heavy atom. The van der Waals surface area contributed by atoms with Crippen LogP contribution in [0.3, 0.4) is 0 Å². The van der Waals surface area contributed by atoms with Crippen LogP contribution in [-0.2, 0) is 0 Å². The van der Waals surface area contributed by atoms with Crippen molar-refractivity contribution in [2.75, 3.05) is 38.7 Å². The molecule has 1 N–H and O–H groups in total.